The first kappa shape index (κ1) is 23.0. The molecular formula is C24H20F4N2O2. The van der Waals surface area contributed by atoms with E-state index in [4.69, 9.17) is 14.9 Å². The van der Waals surface area contributed by atoms with Gasteiger partial charge >= 0.3 is 12.1 Å². The number of alkyl halides is 3. The average molecular weight is 444 g/mol. The molecule has 0 radical (unpaired) electrons. The van der Waals surface area contributed by atoms with Crippen molar-refractivity contribution in [2.24, 2.45) is 4.99 Å². The van der Waals surface area contributed by atoms with Crippen molar-refractivity contribution in [3.05, 3.63) is 107 Å². The van der Waals surface area contributed by atoms with Crippen LogP contribution in [0.25, 0.3) is 0 Å². The van der Waals surface area contributed by atoms with Gasteiger partial charge in [0, 0.05) is 6.42 Å². The first-order chi connectivity index (χ1) is 15.2. The molecule has 0 saturated heterocycles. The molecule has 0 saturated carbocycles. The highest BCUT2D eigenvalue weighted by atomic mass is 19.4. The molecule has 0 aliphatic carbocycles. The molecule has 4 rings (SSSR count). The Kier molecular flexibility index (Phi) is 7.25. The lowest BCUT2D eigenvalue weighted by molar-refractivity contribution is -0.192. The van der Waals surface area contributed by atoms with E-state index in [1.54, 1.807) is 0 Å². The number of nitrogens with one attached hydrogen (secondary N) is 1. The van der Waals surface area contributed by atoms with Gasteiger partial charge in [-0.2, -0.15) is 13.2 Å². The van der Waals surface area contributed by atoms with Crippen LogP contribution in [0.1, 0.15) is 28.8 Å². The number of amidine groups is 1. The van der Waals surface area contributed by atoms with Crippen LogP contribution in [0.4, 0.5) is 17.6 Å². The second kappa shape index (κ2) is 10.1. The van der Waals surface area contributed by atoms with Gasteiger partial charge in [-0.25, -0.2) is 9.18 Å². The van der Waals surface area contributed by atoms with E-state index in [0.717, 1.165) is 11.4 Å². The van der Waals surface area contributed by atoms with E-state index in [9.17, 15) is 17.6 Å². The molecule has 8 heteroatoms. The highest BCUT2D eigenvalue weighted by Gasteiger charge is 2.38. The fraction of sp³-hybridized carbons (Fsp3) is 0.167. The lowest BCUT2D eigenvalue weighted by atomic mass is 9.95. The lowest BCUT2D eigenvalue weighted by Crippen LogP contribution is -2.25. The summed E-state index contributed by atoms with van der Waals surface area (Å²) in [5.74, 6) is -2.03. The van der Waals surface area contributed by atoms with Crippen LogP contribution in [0.5, 0.6) is 0 Å². The normalized spacial score (nSPS) is 17.6. The maximum atomic E-state index is 13.1. The number of aliphatic carboxylic acids is 1. The molecule has 4 nitrogen and oxygen atoms in total. The minimum absolute atomic E-state index is 0.0408. The van der Waals surface area contributed by atoms with Gasteiger partial charge in [0.25, 0.3) is 0 Å². The van der Waals surface area contributed by atoms with E-state index in [2.05, 4.69) is 41.7 Å². The minimum Gasteiger partial charge on any atom is -0.475 e. The van der Waals surface area contributed by atoms with Crippen molar-refractivity contribution in [3.8, 4) is 0 Å². The second-order valence-electron chi connectivity index (χ2n) is 7.07. The van der Waals surface area contributed by atoms with Crippen molar-refractivity contribution < 1.29 is 27.5 Å². The fourth-order valence-corrected chi connectivity index (χ4v) is 3.27. The Morgan fingerprint density at radius 2 is 1.38 bits per heavy atom. The smallest absolute Gasteiger partial charge is 0.475 e. The first-order valence-corrected chi connectivity index (χ1v) is 9.71. The number of halogens is 4. The van der Waals surface area contributed by atoms with Crippen molar-refractivity contribution in [1.29, 1.82) is 0 Å². The molecule has 1 heterocycles. The number of carbonyl (C=O) groups is 1. The number of carboxylic acid groups (broad SMARTS) is 1. The van der Waals surface area contributed by atoms with Gasteiger partial charge in [-0.05, 0) is 28.8 Å². The molecule has 32 heavy (non-hydrogen) atoms. The quantitative estimate of drug-likeness (QED) is 0.524. The van der Waals surface area contributed by atoms with Gasteiger partial charge in [0.15, 0.2) is 0 Å². The molecule has 0 amide bonds. The summed E-state index contributed by atoms with van der Waals surface area (Å²) in [6.45, 7) is 0. The van der Waals surface area contributed by atoms with Crippen LogP contribution in [-0.2, 0) is 11.2 Å². The molecule has 2 N–H and O–H groups in total. The van der Waals surface area contributed by atoms with Gasteiger partial charge < -0.3 is 10.4 Å². The van der Waals surface area contributed by atoms with Gasteiger partial charge in [-0.15, -0.1) is 0 Å². The Bertz CT molecular complexity index is 1050. The van der Waals surface area contributed by atoms with Crippen molar-refractivity contribution in [2.45, 2.75) is 24.7 Å². The predicted octanol–water partition coefficient (Wildman–Crippen LogP) is 5.49. The Labute approximate surface area is 182 Å². The van der Waals surface area contributed by atoms with E-state index in [-0.39, 0.29) is 17.9 Å². The Hall–Kier alpha value is -3.68. The largest absolute Gasteiger partial charge is 0.490 e. The summed E-state index contributed by atoms with van der Waals surface area (Å²) in [7, 11) is 0. The van der Waals surface area contributed by atoms with Crippen molar-refractivity contribution >= 4 is 11.8 Å². The van der Waals surface area contributed by atoms with E-state index < -0.39 is 12.1 Å². The van der Waals surface area contributed by atoms with E-state index >= 15 is 0 Å². The van der Waals surface area contributed by atoms with E-state index in [0.29, 0.717) is 6.42 Å². The monoisotopic (exact) mass is 444 g/mol. The van der Waals surface area contributed by atoms with Gasteiger partial charge in [-0.3, -0.25) is 4.99 Å². The molecule has 166 valence electrons. The highest BCUT2D eigenvalue weighted by Crippen LogP contribution is 2.36. The molecule has 0 fully saturated rings. The zero-order valence-electron chi connectivity index (χ0n) is 16.8. The van der Waals surface area contributed by atoms with Crippen LogP contribution in [0.2, 0.25) is 0 Å². The van der Waals surface area contributed by atoms with Crippen LogP contribution in [0, 0.1) is 5.82 Å². The topological polar surface area (TPSA) is 61.7 Å². The van der Waals surface area contributed by atoms with Gasteiger partial charge in [0.05, 0.1) is 6.04 Å². The summed E-state index contributed by atoms with van der Waals surface area (Å²) in [6.07, 6.45) is -4.41. The average Bonchev–Trinajstić information content (AvgIpc) is 3.20. The third-order valence-corrected chi connectivity index (χ3v) is 4.76. The molecule has 0 spiro atoms. The third kappa shape index (κ3) is 6.16. The van der Waals surface area contributed by atoms with Crippen LogP contribution >= 0.6 is 0 Å². The Morgan fingerprint density at radius 1 is 0.875 bits per heavy atom. The van der Waals surface area contributed by atoms with E-state index in [1.807, 2.05) is 36.4 Å². The number of nitrogens with zero attached hydrogens (tertiary/aromatic N) is 1. The Morgan fingerprint density at radius 3 is 1.88 bits per heavy atom. The zero-order valence-corrected chi connectivity index (χ0v) is 16.8. The molecule has 1 aliphatic rings. The Balaban J connectivity index is 0.000000360. The van der Waals surface area contributed by atoms with Crippen LogP contribution in [0.15, 0.2) is 89.9 Å². The summed E-state index contributed by atoms with van der Waals surface area (Å²) in [6, 6.07) is 27.5. The van der Waals surface area contributed by atoms with Gasteiger partial charge in [0.2, 0.25) is 0 Å². The number of hydrogen-bond acceptors (Lipinski definition) is 3. The van der Waals surface area contributed by atoms with Crippen molar-refractivity contribution in [2.75, 3.05) is 0 Å². The molecule has 3 aromatic carbocycles. The van der Waals surface area contributed by atoms with E-state index in [1.165, 1.54) is 23.3 Å². The highest BCUT2D eigenvalue weighted by molar-refractivity contribution is 5.87. The molecule has 1 aliphatic heterocycles. The molecule has 0 unspecified atom stereocenters. The number of benzene rings is 3. The molecular weight excluding hydrogens is 424 g/mol. The maximum absolute atomic E-state index is 13.1. The van der Waals surface area contributed by atoms with Crippen LogP contribution in [0.3, 0.4) is 0 Å². The molecule has 2 atom stereocenters. The minimum atomic E-state index is -5.08. The number of aliphatic imine (C=N–C) groups is 1. The zero-order chi connectivity index (χ0) is 23.1. The van der Waals surface area contributed by atoms with Crippen molar-refractivity contribution in [1.82, 2.24) is 5.32 Å². The van der Waals surface area contributed by atoms with Gasteiger partial charge in [-0.1, -0.05) is 72.8 Å². The fourth-order valence-electron chi connectivity index (χ4n) is 3.27. The summed E-state index contributed by atoms with van der Waals surface area (Å²) >= 11 is 0. The summed E-state index contributed by atoms with van der Waals surface area (Å²) in [4.78, 5) is 13.8. The molecule has 0 aromatic heterocycles. The number of rotatable bonds is 4. The summed E-state index contributed by atoms with van der Waals surface area (Å²) in [5, 5.41) is 10.7. The number of hydrogen-bond donors (Lipinski definition) is 2. The van der Waals surface area contributed by atoms with Crippen LogP contribution < -0.4 is 5.32 Å². The standard InChI is InChI=1S/C22H19FN2.C2HF3O2/c23-19-13-11-16(12-14-19)15-20-24-21(17-7-3-1-4-8-17)22(25-20)18-9-5-2-6-10-18;3-2(4,5)1(6)7/h1-14,21-22H,15H2,(H,24,25);(H,6,7)/t21-,22+;. The van der Waals surface area contributed by atoms with Crippen molar-refractivity contribution in [3.63, 3.8) is 0 Å². The maximum Gasteiger partial charge on any atom is 0.490 e. The predicted molar refractivity (Wildman–Crippen MR) is 113 cm³/mol. The first-order valence-electron chi connectivity index (χ1n) is 9.71. The number of carboxylic acids is 1. The summed E-state index contributed by atoms with van der Waals surface area (Å²) < 4.78 is 44.9. The SMILES string of the molecule is Fc1ccc(CC2=N[C@H](c3ccccc3)[C@H](c3ccccc3)N2)cc1.O=C(O)C(F)(F)F. The second-order valence-corrected chi connectivity index (χ2v) is 7.07. The molecule has 0 bridgehead atoms. The third-order valence-electron chi connectivity index (χ3n) is 4.76. The van der Waals surface area contributed by atoms with Crippen LogP contribution in [-0.4, -0.2) is 23.1 Å². The summed E-state index contributed by atoms with van der Waals surface area (Å²) in [5.41, 5.74) is 3.46. The van der Waals surface area contributed by atoms with Gasteiger partial charge in [0.1, 0.15) is 17.7 Å². The molecule has 3 aromatic rings. The lowest BCUT2D eigenvalue weighted by Gasteiger charge is -2.19.